The zero-order chi connectivity index (χ0) is 13.5. The summed E-state index contributed by atoms with van der Waals surface area (Å²) in [5, 5.41) is 10.8. The Labute approximate surface area is 102 Å². The van der Waals surface area contributed by atoms with Gasteiger partial charge in [-0.15, -0.1) is 0 Å². The molecule has 0 saturated heterocycles. The Morgan fingerprint density at radius 1 is 1.39 bits per heavy atom. The molecule has 94 valence electrons. The van der Waals surface area contributed by atoms with Crippen molar-refractivity contribution < 1.29 is 19.5 Å². The molecule has 0 aromatic carbocycles. The van der Waals surface area contributed by atoms with Gasteiger partial charge < -0.3 is 16.2 Å². The smallest absolute Gasteiger partial charge is 0.328 e. The second-order valence-corrected chi connectivity index (χ2v) is 3.33. The number of carbonyl (C=O) groups excluding carboxylic acids is 2. The van der Waals surface area contributed by atoms with Gasteiger partial charge in [0.05, 0.1) is 12.1 Å². The molecule has 0 atom stereocenters. The lowest BCUT2D eigenvalue weighted by molar-refractivity contribution is -0.131. The lowest BCUT2D eigenvalue weighted by Crippen LogP contribution is -2.33. The van der Waals surface area contributed by atoms with Gasteiger partial charge in [-0.3, -0.25) is 14.6 Å². The second kappa shape index (κ2) is 6.14. The molecule has 0 radical (unpaired) electrons. The van der Waals surface area contributed by atoms with Crippen LogP contribution in [0, 0.1) is 0 Å². The van der Waals surface area contributed by atoms with Crippen LogP contribution in [0.3, 0.4) is 0 Å². The van der Waals surface area contributed by atoms with Crippen LogP contribution in [-0.2, 0) is 9.59 Å². The molecule has 2 amide bonds. The van der Waals surface area contributed by atoms with Crippen molar-refractivity contribution in [1.29, 1.82) is 0 Å². The van der Waals surface area contributed by atoms with Crippen molar-refractivity contribution in [3.63, 3.8) is 0 Å². The van der Waals surface area contributed by atoms with Crippen LogP contribution >= 0.6 is 0 Å². The third-order valence-electron chi connectivity index (χ3n) is 1.86. The molecule has 18 heavy (non-hydrogen) atoms. The summed E-state index contributed by atoms with van der Waals surface area (Å²) in [6, 6.07) is 1.45. The van der Waals surface area contributed by atoms with Crippen LogP contribution in [0.2, 0.25) is 0 Å². The van der Waals surface area contributed by atoms with Gasteiger partial charge in [0.15, 0.2) is 0 Å². The minimum atomic E-state index is -1.10. The monoisotopic (exact) mass is 249 g/mol. The third-order valence-corrected chi connectivity index (χ3v) is 1.86. The number of aromatic nitrogens is 1. The molecule has 0 aliphatic rings. The molecular formula is C11H11N3O4. The SMILES string of the molecule is NC(=O)CNC(=O)c1cncc(C=CC(=O)O)c1. The average Bonchev–Trinajstić information content (AvgIpc) is 2.33. The highest BCUT2D eigenvalue weighted by molar-refractivity contribution is 5.96. The molecule has 0 spiro atoms. The maximum absolute atomic E-state index is 11.5. The maximum atomic E-state index is 11.5. The molecule has 7 heteroatoms. The van der Waals surface area contributed by atoms with Crippen molar-refractivity contribution in [1.82, 2.24) is 10.3 Å². The summed E-state index contributed by atoms with van der Waals surface area (Å²) in [4.78, 5) is 36.2. The van der Waals surface area contributed by atoms with E-state index in [4.69, 9.17) is 10.8 Å². The molecule has 1 aromatic rings. The van der Waals surface area contributed by atoms with Crippen molar-refractivity contribution in [2.24, 2.45) is 5.73 Å². The molecule has 4 N–H and O–H groups in total. The van der Waals surface area contributed by atoms with Gasteiger partial charge in [-0.2, -0.15) is 0 Å². The number of nitrogens with one attached hydrogen (secondary N) is 1. The first-order valence-corrected chi connectivity index (χ1v) is 4.91. The van der Waals surface area contributed by atoms with Crippen LogP contribution in [0.15, 0.2) is 24.5 Å². The Hall–Kier alpha value is -2.70. The van der Waals surface area contributed by atoms with Gasteiger partial charge in [0.2, 0.25) is 5.91 Å². The van der Waals surface area contributed by atoms with E-state index < -0.39 is 17.8 Å². The van der Waals surface area contributed by atoms with Gasteiger partial charge in [0.25, 0.3) is 5.91 Å². The fourth-order valence-electron chi connectivity index (χ4n) is 1.11. The Bertz CT molecular complexity index is 511. The van der Waals surface area contributed by atoms with Crippen molar-refractivity contribution in [2.75, 3.05) is 6.54 Å². The highest BCUT2D eigenvalue weighted by atomic mass is 16.4. The van der Waals surface area contributed by atoms with Crippen LogP contribution in [0.5, 0.6) is 0 Å². The molecule has 7 nitrogen and oxygen atoms in total. The highest BCUT2D eigenvalue weighted by Crippen LogP contribution is 2.04. The zero-order valence-corrected chi connectivity index (χ0v) is 9.29. The summed E-state index contributed by atoms with van der Waals surface area (Å²) in [6.07, 6.45) is 4.95. The van der Waals surface area contributed by atoms with Gasteiger partial charge >= 0.3 is 5.97 Å². The first-order chi connectivity index (χ1) is 8.49. The van der Waals surface area contributed by atoms with E-state index in [1.807, 2.05) is 0 Å². The van der Waals surface area contributed by atoms with E-state index >= 15 is 0 Å². The maximum Gasteiger partial charge on any atom is 0.328 e. The van der Waals surface area contributed by atoms with E-state index in [0.717, 1.165) is 6.08 Å². The predicted octanol–water partition coefficient (Wildman–Crippen LogP) is -0.605. The molecule has 0 fully saturated rings. The number of carboxylic acid groups (broad SMARTS) is 1. The number of aliphatic carboxylic acids is 1. The molecule has 0 bridgehead atoms. The summed E-state index contributed by atoms with van der Waals surface area (Å²) in [5.74, 6) is -2.26. The summed E-state index contributed by atoms with van der Waals surface area (Å²) in [6.45, 7) is -0.270. The summed E-state index contributed by atoms with van der Waals surface area (Å²) >= 11 is 0. The summed E-state index contributed by atoms with van der Waals surface area (Å²) < 4.78 is 0. The highest BCUT2D eigenvalue weighted by Gasteiger charge is 2.06. The lowest BCUT2D eigenvalue weighted by Gasteiger charge is -2.02. The van der Waals surface area contributed by atoms with Gasteiger partial charge in [-0.1, -0.05) is 0 Å². The molecule has 0 saturated carbocycles. The van der Waals surface area contributed by atoms with Crippen molar-refractivity contribution >= 4 is 23.9 Å². The largest absolute Gasteiger partial charge is 0.478 e. The number of hydrogen-bond donors (Lipinski definition) is 3. The van der Waals surface area contributed by atoms with Gasteiger partial charge in [-0.25, -0.2) is 4.79 Å². The molecule has 0 aliphatic carbocycles. The Morgan fingerprint density at radius 3 is 2.72 bits per heavy atom. The Balaban J connectivity index is 2.78. The second-order valence-electron chi connectivity index (χ2n) is 3.33. The minimum absolute atomic E-state index is 0.212. The third kappa shape index (κ3) is 4.44. The number of nitrogens with zero attached hydrogens (tertiary/aromatic N) is 1. The van der Waals surface area contributed by atoms with Gasteiger partial charge in [0.1, 0.15) is 0 Å². The number of carboxylic acids is 1. The standard InChI is InChI=1S/C11H11N3O4/c12-9(15)6-14-11(18)8-3-7(4-13-5-8)1-2-10(16)17/h1-5H,6H2,(H2,12,15)(H,14,18)(H,16,17). The molecule has 1 rings (SSSR count). The van der Waals surface area contributed by atoms with E-state index in [1.165, 1.54) is 24.5 Å². The quantitative estimate of drug-likeness (QED) is 0.601. The topological polar surface area (TPSA) is 122 Å². The predicted molar refractivity (Wildman–Crippen MR) is 62.4 cm³/mol. The fourth-order valence-corrected chi connectivity index (χ4v) is 1.11. The number of carbonyl (C=O) groups is 3. The van der Waals surface area contributed by atoms with E-state index in [2.05, 4.69) is 10.3 Å². The molecule has 0 unspecified atom stereocenters. The van der Waals surface area contributed by atoms with Crippen molar-refractivity contribution in [3.8, 4) is 0 Å². The summed E-state index contributed by atoms with van der Waals surface area (Å²) in [7, 11) is 0. The Morgan fingerprint density at radius 2 is 2.11 bits per heavy atom. The zero-order valence-electron chi connectivity index (χ0n) is 9.29. The first-order valence-electron chi connectivity index (χ1n) is 4.91. The van der Waals surface area contributed by atoms with E-state index in [9.17, 15) is 14.4 Å². The fraction of sp³-hybridized carbons (Fsp3) is 0.0909. The van der Waals surface area contributed by atoms with Crippen molar-refractivity contribution in [3.05, 3.63) is 35.7 Å². The number of nitrogens with two attached hydrogens (primary N) is 1. The van der Waals surface area contributed by atoms with Crippen LogP contribution in [0.1, 0.15) is 15.9 Å². The van der Waals surface area contributed by atoms with Crippen LogP contribution in [0.25, 0.3) is 6.08 Å². The number of hydrogen-bond acceptors (Lipinski definition) is 4. The van der Waals surface area contributed by atoms with E-state index in [-0.39, 0.29) is 12.1 Å². The molecule has 1 heterocycles. The number of rotatable bonds is 5. The summed E-state index contributed by atoms with van der Waals surface area (Å²) in [5.41, 5.74) is 5.56. The lowest BCUT2D eigenvalue weighted by atomic mass is 10.2. The molecule has 1 aromatic heterocycles. The van der Waals surface area contributed by atoms with Gasteiger partial charge in [-0.05, 0) is 17.7 Å². The van der Waals surface area contributed by atoms with Crippen molar-refractivity contribution in [2.45, 2.75) is 0 Å². The number of pyridine rings is 1. The number of primary amides is 1. The number of amides is 2. The van der Waals surface area contributed by atoms with E-state index in [1.54, 1.807) is 0 Å². The minimum Gasteiger partial charge on any atom is -0.478 e. The molecular weight excluding hydrogens is 238 g/mol. The van der Waals surface area contributed by atoms with E-state index in [0.29, 0.717) is 5.56 Å². The van der Waals surface area contributed by atoms with Crippen LogP contribution in [-0.4, -0.2) is 34.4 Å². The first kappa shape index (κ1) is 13.4. The Kier molecular flexibility index (Phi) is 4.56. The van der Waals surface area contributed by atoms with Crippen LogP contribution in [0.4, 0.5) is 0 Å². The average molecular weight is 249 g/mol. The van der Waals surface area contributed by atoms with Crippen LogP contribution < -0.4 is 11.1 Å². The van der Waals surface area contributed by atoms with Gasteiger partial charge in [0, 0.05) is 18.5 Å². The molecule has 0 aliphatic heterocycles. The normalized spacial score (nSPS) is 10.2.